The molecule has 2 heteroatoms. The topological polar surface area (TPSA) is 26.3 Å². The Morgan fingerprint density at radius 2 is 2.14 bits per heavy atom. The van der Waals surface area contributed by atoms with Crippen LogP contribution in [0.2, 0.25) is 0 Å². The molecule has 0 spiro atoms. The molecular weight excluding hydrogens is 176 g/mol. The van der Waals surface area contributed by atoms with Crippen molar-refractivity contribution in [2.45, 2.75) is 58.0 Å². The van der Waals surface area contributed by atoms with E-state index in [0.717, 1.165) is 12.8 Å². The fourth-order valence-electron chi connectivity index (χ4n) is 2.90. The number of hydrogen-bond acceptors (Lipinski definition) is 2. The number of esters is 1. The highest BCUT2D eigenvalue weighted by Crippen LogP contribution is 2.41. The lowest BCUT2D eigenvalue weighted by molar-refractivity contribution is -0.144. The Morgan fingerprint density at radius 3 is 2.93 bits per heavy atom. The van der Waals surface area contributed by atoms with E-state index in [0.29, 0.717) is 5.92 Å². The van der Waals surface area contributed by atoms with Gasteiger partial charge in [0.15, 0.2) is 0 Å². The van der Waals surface area contributed by atoms with Crippen LogP contribution in [0.15, 0.2) is 0 Å². The minimum Gasteiger partial charge on any atom is -0.462 e. The molecule has 1 saturated heterocycles. The van der Waals surface area contributed by atoms with Crippen molar-refractivity contribution in [1.29, 1.82) is 0 Å². The van der Waals surface area contributed by atoms with E-state index in [1.54, 1.807) is 0 Å². The zero-order chi connectivity index (χ0) is 9.97. The van der Waals surface area contributed by atoms with Gasteiger partial charge in [0, 0.05) is 5.92 Å². The van der Waals surface area contributed by atoms with Crippen molar-refractivity contribution in [2.75, 3.05) is 0 Å². The highest BCUT2D eigenvalue weighted by atomic mass is 16.6. The highest BCUT2D eigenvalue weighted by molar-refractivity contribution is 5.75. The van der Waals surface area contributed by atoms with Crippen molar-refractivity contribution in [1.82, 2.24) is 0 Å². The molecule has 0 N–H and O–H groups in total. The number of carbonyl (C=O) groups excluding carboxylic acids is 1. The normalized spacial score (nSPS) is 36.6. The molecule has 0 amide bonds. The van der Waals surface area contributed by atoms with Gasteiger partial charge in [-0.05, 0) is 19.3 Å². The first-order chi connectivity index (χ1) is 6.83. The number of unbranched alkanes of at least 4 members (excludes halogenated alkanes) is 1. The lowest BCUT2D eigenvalue weighted by Gasteiger charge is -2.24. The first kappa shape index (κ1) is 10.0. The second-order valence-corrected chi connectivity index (χ2v) is 4.67. The Morgan fingerprint density at radius 1 is 1.36 bits per heavy atom. The molecule has 3 atom stereocenters. The molecule has 1 aliphatic heterocycles. The zero-order valence-corrected chi connectivity index (χ0v) is 9.00. The fourth-order valence-corrected chi connectivity index (χ4v) is 2.90. The summed E-state index contributed by atoms with van der Waals surface area (Å²) in [5.74, 6) is 0.907. The predicted molar refractivity (Wildman–Crippen MR) is 54.9 cm³/mol. The summed E-state index contributed by atoms with van der Waals surface area (Å²) < 4.78 is 5.47. The number of hydrogen-bond donors (Lipinski definition) is 0. The average molecular weight is 196 g/mol. The van der Waals surface area contributed by atoms with E-state index in [9.17, 15) is 4.79 Å². The van der Waals surface area contributed by atoms with E-state index >= 15 is 0 Å². The Bertz CT molecular complexity index is 212. The molecule has 0 aromatic rings. The van der Waals surface area contributed by atoms with Crippen LogP contribution in [-0.2, 0) is 9.53 Å². The molecule has 0 radical (unpaired) electrons. The van der Waals surface area contributed by atoms with E-state index in [-0.39, 0.29) is 18.0 Å². The molecule has 1 aliphatic carbocycles. The van der Waals surface area contributed by atoms with Gasteiger partial charge < -0.3 is 4.74 Å². The van der Waals surface area contributed by atoms with Gasteiger partial charge in [-0.15, -0.1) is 0 Å². The van der Waals surface area contributed by atoms with Gasteiger partial charge in [0.05, 0.1) is 5.92 Å². The van der Waals surface area contributed by atoms with Crippen LogP contribution in [0, 0.1) is 11.8 Å². The summed E-state index contributed by atoms with van der Waals surface area (Å²) in [6, 6.07) is 0. The number of cyclic esters (lactones) is 1. The summed E-state index contributed by atoms with van der Waals surface area (Å²) in [6.45, 7) is 2.19. The van der Waals surface area contributed by atoms with Crippen molar-refractivity contribution in [3.8, 4) is 0 Å². The maximum atomic E-state index is 11.6. The van der Waals surface area contributed by atoms with Gasteiger partial charge in [0.2, 0.25) is 0 Å². The predicted octanol–water partition coefficient (Wildman–Crippen LogP) is 2.91. The van der Waals surface area contributed by atoms with Gasteiger partial charge in [-0.25, -0.2) is 0 Å². The standard InChI is InChI=1S/C12H20O2/c1-2-3-8-11-9-6-4-5-7-10(9)12(13)14-11/h9-11H,2-8H2,1H3/t9-,10-,11-/m1/s1. The van der Waals surface area contributed by atoms with Crippen LogP contribution in [0.3, 0.4) is 0 Å². The molecular formula is C12H20O2. The van der Waals surface area contributed by atoms with Crippen molar-refractivity contribution in [2.24, 2.45) is 11.8 Å². The van der Waals surface area contributed by atoms with E-state index in [1.165, 1.54) is 32.1 Å². The minimum atomic E-state index is 0.0933. The summed E-state index contributed by atoms with van der Waals surface area (Å²) in [5.41, 5.74) is 0. The lowest BCUT2D eigenvalue weighted by Crippen LogP contribution is -2.24. The van der Waals surface area contributed by atoms with Crippen LogP contribution in [0.1, 0.15) is 51.9 Å². The number of rotatable bonds is 3. The molecule has 2 aliphatic rings. The summed E-state index contributed by atoms with van der Waals surface area (Å²) in [7, 11) is 0. The summed E-state index contributed by atoms with van der Waals surface area (Å²) in [6.07, 6.45) is 8.54. The zero-order valence-electron chi connectivity index (χ0n) is 9.00. The van der Waals surface area contributed by atoms with Crippen LogP contribution in [0.5, 0.6) is 0 Å². The second kappa shape index (κ2) is 4.33. The average Bonchev–Trinajstić information content (AvgIpc) is 2.54. The molecule has 0 unspecified atom stereocenters. The summed E-state index contributed by atoms with van der Waals surface area (Å²) >= 11 is 0. The third-order valence-electron chi connectivity index (χ3n) is 3.71. The Balaban J connectivity index is 1.95. The molecule has 0 bridgehead atoms. The lowest BCUT2D eigenvalue weighted by atomic mass is 9.77. The Labute approximate surface area is 86.0 Å². The molecule has 1 heterocycles. The molecule has 0 aromatic carbocycles. The van der Waals surface area contributed by atoms with E-state index in [4.69, 9.17) is 4.74 Å². The quantitative estimate of drug-likeness (QED) is 0.649. The SMILES string of the molecule is CCCC[C@H]1OC(=O)[C@@H]2CCCC[C@@H]12. The van der Waals surface area contributed by atoms with Gasteiger partial charge in [-0.2, -0.15) is 0 Å². The molecule has 2 fully saturated rings. The third kappa shape index (κ3) is 1.79. The summed E-state index contributed by atoms with van der Waals surface area (Å²) in [4.78, 5) is 11.6. The highest BCUT2D eigenvalue weighted by Gasteiger charge is 2.44. The van der Waals surface area contributed by atoms with Crippen molar-refractivity contribution >= 4 is 5.97 Å². The maximum Gasteiger partial charge on any atom is 0.309 e. The van der Waals surface area contributed by atoms with Crippen LogP contribution < -0.4 is 0 Å². The van der Waals surface area contributed by atoms with E-state index in [2.05, 4.69) is 6.92 Å². The molecule has 1 saturated carbocycles. The minimum absolute atomic E-state index is 0.0933. The molecule has 2 nitrogen and oxygen atoms in total. The van der Waals surface area contributed by atoms with Crippen LogP contribution >= 0.6 is 0 Å². The van der Waals surface area contributed by atoms with E-state index in [1.807, 2.05) is 0 Å². The molecule has 2 rings (SSSR count). The van der Waals surface area contributed by atoms with Gasteiger partial charge in [-0.1, -0.05) is 32.6 Å². The maximum absolute atomic E-state index is 11.6. The number of carbonyl (C=O) groups is 1. The first-order valence-corrected chi connectivity index (χ1v) is 6.03. The molecule has 0 aromatic heterocycles. The second-order valence-electron chi connectivity index (χ2n) is 4.67. The Hall–Kier alpha value is -0.530. The molecule has 14 heavy (non-hydrogen) atoms. The largest absolute Gasteiger partial charge is 0.462 e. The fraction of sp³-hybridized carbons (Fsp3) is 0.917. The van der Waals surface area contributed by atoms with Crippen LogP contribution in [-0.4, -0.2) is 12.1 Å². The van der Waals surface area contributed by atoms with Gasteiger partial charge in [0.1, 0.15) is 6.10 Å². The monoisotopic (exact) mass is 196 g/mol. The van der Waals surface area contributed by atoms with Crippen molar-refractivity contribution in [3.05, 3.63) is 0 Å². The van der Waals surface area contributed by atoms with Crippen LogP contribution in [0.25, 0.3) is 0 Å². The number of ether oxygens (including phenoxy) is 1. The Kier molecular flexibility index (Phi) is 3.09. The van der Waals surface area contributed by atoms with Crippen molar-refractivity contribution in [3.63, 3.8) is 0 Å². The van der Waals surface area contributed by atoms with Gasteiger partial charge in [-0.3, -0.25) is 4.79 Å². The third-order valence-corrected chi connectivity index (χ3v) is 3.71. The number of fused-ring (bicyclic) bond motifs is 1. The first-order valence-electron chi connectivity index (χ1n) is 6.03. The van der Waals surface area contributed by atoms with Gasteiger partial charge >= 0.3 is 5.97 Å². The van der Waals surface area contributed by atoms with Crippen molar-refractivity contribution < 1.29 is 9.53 Å². The van der Waals surface area contributed by atoms with Gasteiger partial charge in [0.25, 0.3) is 0 Å². The smallest absolute Gasteiger partial charge is 0.309 e. The molecule has 80 valence electrons. The van der Waals surface area contributed by atoms with E-state index < -0.39 is 0 Å². The van der Waals surface area contributed by atoms with Crippen LogP contribution in [0.4, 0.5) is 0 Å². The summed E-state index contributed by atoms with van der Waals surface area (Å²) in [5, 5.41) is 0.